The van der Waals surface area contributed by atoms with Gasteiger partial charge in [0.15, 0.2) is 0 Å². The Morgan fingerprint density at radius 1 is 1.24 bits per heavy atom. The molecule has 29 heavy (non-hydrogen) atoms. The lowest BCUT2D eigenvalue weighted by Crippen LogP contribution is -2.45. The number of rotatable bonds is 4. The van der Waals surface area contributed by atoms with E-state index in [-0.39, 0.29) is 18.0 Å². The number of nitrogens with zero attached hydrogens (tertiary/aromatic N) is 4. The van der Waals surface area contributed by atoms with Gasteiger partial charge in [-0.1, -0.05) is 0 Å². The molecular formula is C21H28N6O2. The molecule has 0 spiro atoms. The minimum absolute atomic E-state index is 0.102. The largest absolute Gasteiger partial charge is 0.371 e. The Bertz CT molecular complexity index is 1140. The van der Waals surface area contributed by atoms with Gasteiger partial charge >= 0.3 is 5.69 Å². The summed E-state index contributed by atoms with van der Waals surface area (Å²) in [5.41, 5.74) is 7.51. The number of hydrogen-bond donors (Lipinski definition) is 2. The van der Waals surface area contributed by atoms with Crippen LogP contribution < -0.4 is 27.7 Å². The summed E-state index contributed by atoms with van der Waals surface area (Å²) >= 11 is 0. The third-order valence-corrected chi connectivity index (χ3v) is 6.61. The van der Waals surface area contributed by atoms with E-state index >= 15 is 0 Å². The molecule has 0 amide bonds. The van der Waals surface area contributed by atoms with Crippen LogP contribution in [0, 0.1) is 29.6 Å². The van der Waals surface area contributed by atoms with Crippen LogP contribution in [0.2, 0.25) is 0 Å². The van der Waals surface area contributed by atoms with Crippen molar-refractivity contribution in [3.05, 3.63) is 38.5 Å². The molecule has 2 heterocycles. The normalized spacial score (nSPS) is 20.8. The highest BCUT2D eigenvalue weighted by molar-refractivity contribution is 5.87. The highest BCUT2D eigenvalue weighted by atomic mass is 16.2. The molecule has 8 heteroatoms. The zero-order valence-corrected chi connectivity index (χ0v) is 17.2. The number of nitrogens with two attached hydrogens (primary N) is 2. The number of benzene rings is 1. The Labute approximate surface area is 169 Å². The number of fused-ring (bicyclic) bond motifs is 1. The van der Waals surface area contributed by atoms with Crippen molar-refractivity contribution in [1.82, 2.24) is 9.24 Å². The second-order valence-electron chi connectivity index (χ2n) is 9.02. The summed E-state index contributed by atoms with van der Waals surface area (Å²) in [6.07, 6.45) is 2.74. The van der Waals surface area contributed by atoms with Crippen molar-refractivity contribution < 1.29 is 0 Å². The molecule has 1 aromatic carbocycles. The van der Waals surface area contributed by atoms with Crippen molar-refractivity contribution in [3.8, 4) is 6.07 Å². The molecule has 2 aromatic rings. The van der Waals surface area contributed by atoms with E-state index in [9.17, 15) is 14.9 Å². The predicted molar refractivity (Wildman–Crippen MR) is 113 cm³/mol. The van der Waals surface area contributed by atoms with Crippen molar-refractivity contribution in [2.75, 3.05) is 23.8 Å². The maximum Gasteiger partial charge on any atom is 0.350 e. The summed E-state index contributed by atoms with van der Waals surface area (Å²) in [6.45, 7) is 7.30. The van der Waals surface area contributed by atoms with Crippen molar-refractivity contribution >= 4 is 16.6 Å². The van der Waals surface area contributed by atoms with Gasteiger partial charge in [-0.2, -0.15) is 9.94 Å². The van der Waals surface area contributed by atoms with Crippen molar-refractivity contribution in [2.24, 2.45) is 17.1 Å². The third-order valence-electron chi connectivity index (χ3n) is 6.61. The maximum absolute atomic E-state index is 12.7. The fourth-order valence-electron chi connectivity index (χ4n) is 4.58. The van der Waals surface area contributed by atoms with Gasteiger partial charge in [-0.05, 0) is 63.6 Å². The molecule has 1 aliphatic carbocycles. The first-order chi connectivity index (χ1) is 13.7. The van der Waals surface area contributed by atoms with Crippen molar-refractivity contribution in [3.63, 3.8) is 0 Å². The Hall–Kier alpha value is -2.79. The first-order valence-electron chi connectivity index (χ1n) is 10.1. The summed E-state index contributed by atoms with van der Waals surface area (Å²) in [6, 6.07) is 5.92. The molecule has 4 N–H and O–H groups in total. The predicted octanol–water partition coefficient (Wildman–Crippen LogP) is 1.22. The smallest absolute Gasteiger partial charge is 0.350 e. The molecule has 1 aromatic heterocycles. The van der Waals surface area contributed by atoms with Crippen LogP contribution in [-0.4, -0.2) is 28.4 Å². The van der Waals surface area contributed by atoms with Gasteiger partial charge in [0.1, 0.15) is 0 Å². The Morgan fingerprint density at radius 2 is 1.93 bits per heavy atom. The summed E-state index contributed by atoms with van der Waals surface area (Å²) in [4.78, 5) is 27.5. The van der Waals surface area contributed by atoms with Crippen LogP contribution in [0.25, 0.3) is 10.9 Å². The van der Waals surface area contributed by atoms with Gasteiger partial charge < -0.3 is 16.5 Å². The first-order valence-corrected chi connectivity index (χ1v) is 10.1. The van der Waals surface area contributed by atoms with E-state index in [0.717, 1.165) is 43.6 Å². The van der Waals surface area contributed by atoms with Gasteiger partial charge in [0.25, 0.3) is 5.56 Å². The minimum Gasteiger partial charge on any atom is -0.371 e. The molecule has 1 saturated carbocycles. The second kappa shape index (κ2) is 6.63. The van der Waals surface area contributed by atoms with Gasteiger partial charge in [-0.15, -0.1) is 0 Å². The van der Waals surface area contributed by atoms with Gasteiger partial charge in [0, 0.05) is 30.9 Å². The Kier molecular flexibility index (Phi) is 4.46. The zero-order chi connectivity index (χ0) is 21.1. The van der Waals surface area contributed by atoms with E-state index in [1.165, 1.54) is 0 Å². The minimum atomic E-state index is -0.586. The van der Waals surface area contributed by atoms with Crippen LogP contribution in [0.3, 0.4) is 0 Å². The molecular weight excluding hydrogens is 368 g/mol. The standard InChI is InChI=1S/C21H28N6O2/c1-12-16(25-9-8-13(10-25)18(23)21(2,3)11-22)7-6-15-17(12)26(14-4-5-14)20(29)27(24)19(15)28/h6-7,13-14,18H,4-5,8-10,23-24H2,1-3H3. The second-order valence-corrected chi connectivity index (χ2v) is 9.02. The molecule has 4 rings (SSSR count). The summed E-state index contributed by atoms with van der Waals surface area (Å²) in [5, 5.41) is 9.89. The van der Waals surface area contributed by atoms with Gasteiger partial charge in [-0.3, -0.25) is 9.36 Å². The van der Waals surface area contributed by atoms with Crippen molar-refractivity contribution in [1.29, 1.82) is 5.26 Å². The fraction of sp³-hybridized carbons (Fsp3) is 0.571. The highest BCUT2D eigenvalue weighted by Crippen LogP contribution is 2.39. The topological polar surface area (TPSA) is 123 Å². The zero-order valence-electron chi connectivity index (χ0n) is 17.2. The number of anilines is 1. The van der Waals surface area contributed by atoms with Crippen LogP contribution >= 0.6 is 0 Å². The lowest BCUT2D eigenvalue weighted by Gasteiger charge is -2.30. The molecule has 0 radical (unpaired) electrons. The van der Waals surface area contributed by atoms with Gasteiger partial charge in [0.05, 0.1) is 22.4 Å². The number of nitriles is 1. The molecule has 2 aliphatic rings. The molecule has 2 unspecified atom stereocenters. The van der Waals surface area contributed by atoms with E-state index < -0.39 is 16.7 Å². The number of nitrogen functional groups attached to an aromatic ring is 1. The van der Waals surface area contributed by atoms with E-state index in [1.54, 1.807) is 10.6 Å². The molecule has 2 atom stereocenters. The van der Waals surface area contributed by atoms with Crippen LogP contribution in [0.4, 0.5) is 5.69 Å². The molecule has 0 bridgehead atoms. The van der Waals surface area contributed by atoms with E-state index in [4.69, 9.17) is 11.6 Å². The molecule has 154 valence electrons. The third kappa shape index (κ3) is 3.01. The first kappa shape index (κ1) is 19.5. The Balaban J connectivity index is 1.77. The fourth-order valence-corrected chi connectivity index (χ4v) is 4.58. The van der Waals surface area contributed by atoms with Crippen LogP contribution in [0.5, 0.6) is 0 Å². The average molecular weight is 396 g/mol. The van der Waals surface area contributed by atoms with Crippen molar-refractivity contribution in [2.45, 2.75) is 52.1 Å². The number of aromatic nitrogens is 2. The quantitative estimate of drug-likeness (QED) is 0.749. The monoisotopic (exact) mass is 396 g/mol. The summed E-state index contributed by atoms with van der Waals surface area (Å²) in [7, 11) is 0. The summed E-state index contributed by atoms with van der Waals surface area (Å²) < 4.78 is 2.41. The average Bonchev–Trinajstić information content (AvgIpc) is 3.42. The molecule has 1 saturated heterocycles. The van der Waals surface area contributed by atoms with Crippen LogP contribution in [0.1, 0.15) is 44.7 Å². The molecule has 2 fully saturated rings. The van der Waals surface area contributed by atoms with E-state index in [2.05, 4.69) is 11.0 Å². The number of hydrogen-bond acceptors (Lipinski definition) is 6. The van der Waals surface area contributed by atoms with E-state index in [0.29, 0.717) is 15.6 Å². The Morgan fingerprint density at radius 3 is 2.55 bits per heavy atom. The van der Waals surface area contributed by atoms with E-state index in [1.807, 2.05) is 26.8 Å². The van der Waals surface area contributed by atoms with Crippen LogP contribution in [0.15, 0.2) is 21.7 Å². The SMILES string of the molecule is Cc1c(N2CCC(C(N)C(C)(C)C#N)C2)ccc2c(=O)n(N)c(=O)n(C3CC3)c12. The molecule has 1 aliphatic heterocycles. The maximum atomic E-state index is 12.7. The lowest BCUT2D eigenvalue weighted by molar-refractivity contribution is 0.294. The number of aryl methyl sites for hydroxylation is 1. The highest BCUT2D eigenvalue weighted by Gasteiger charge is 2.37. The summed E-state index contributed by atoms with van der Waals surface area (Å²) in [5.74, 6) is 5.96. The van der Waals surface area contributed by atoms with Gasteiger partial charge in [-0.25, -0.2) is 4.79 Å². The lowest BCUT2D eigenvalue weighted by atomic mass is 9.79. The van der Waals surface area contributed by atoms with Crippen LogP contribution in [-0.2, 0) is 0 Å². The molecule has 8 nitrogen and oxygen atoms in total. The van der Waals surface area contributed by atoms with Gasteiger partial charge in [0.2, 0.25) is 0 Å².